The Hall–Kier alpha value is -1.38. The van der Waals surface area contributed by atoms with Crippen LogP contribution in [0.3, 0.4) is 0 Å². The van der Waals surface area contributed by atoms with Crippen molar-refractivity contribution in [3.8, 4) is 5.75 Å². The molecule has 3 N–H and O–H groups in total. The normalized spacial score (nSPS) is 15.2. The highest BCUT2D eigenvalue weighted by Crippen LogP contribution is 2.30. The number of rotatable bonds is 7. The van der Waals surface area contributed by atoms with Gasteiger partial charge >= 0.3 is 0 Å². The number of nitrogens with two attached hydrogens (primary N) is 1. The van der Waals surface area contributed by atoms with Crippen molar-refractivity contribution in [2.24, 2.45) is 5.92 Å². The molecule has 0 spiro atoms. The smallest absolute Gasteiger partial charge is 0.144 e. The summed E-state index contributed by atoms with van der Waals surface area (Å²) < 4.78 is 5.62. The Bertz CT molecular complexity index is 375. The van der Waals surface area contributed by atoms with E-state index >= 15 is 0 Å². The number of hydrogen-bond donors (Lipinski definition) is 2. The first-order valence-corrected chi connectivity index (χ1v) is 7.05. The van der Waals surface area contributed by atoms with Crippen LogP contribution < -0.4 is 15.8 Å². The van der Waals surface area contributed by atoms with E-state index in [4.69, 9.17) is 10.5 Å². The van der Waals surface area contributed by atoms with Gasteiger partial charge in [-0.05, 0) is 30.9 Å². The van der Waals surface area contributed by atoms with Crippen molar-refractivity contribution >= 4 is 11.4 Å². The Labute approximate surface area is 110 Å². The second kappa shape index (κ2) is 6.53. The molecule has 1 aromatic carbocycles. The van der Waals surface area contributed by atoms with Gasteiger partial charge in [-0.1, -0.05) is 26.2 Å². The van der Waals surface area contributed by atoms with Gasteiger partial charge < -0.3 is 15.8 Å². The zero-order valence-electron chi connectivity index (χ0n) is 11.2. The molecular weight excluding hydrogens is 224 g/mol. The SMILES string of the molecule is CCCOc1cc(NCCC2CCC2)ccc1N. The third kappa shape index (κ3) is 3.56. The van der Waals surface area contributed by atoms with E-state index in [9.17, 15) is 0 Å². The predicted octanol–water partition coefficient (Wildman–Crippen LogP) is 3.66. The molecule has 2 rings (SSSR count). The van der Waals surface area contributed by atoms with Crippen molar-refractivity contribution in [3.05, 3.63) is 18.2 Å². The van der Waals surface area contributed by atoms with Crippen molar-refractivity contribution in [2.45, 2.75) is 39.0 Å². The van der Waals surface area contributed by atoms with Crippen molar-refractivity contribution in [1.82, 2.24) is 0 Å². The van der Waals surface area contributed by atoms with Crippen LogP contribution in [0.2, 0.25) is 0 Å². The molecule has 0 saturated heterocycles. The molecule has 0 atom stereocenters. The number of nitrogen functional groups attached to an aromatic ring is 1. The Kier molecular flexibility index (Phi) is 4.73. The molecule has 1 saturated carbocycles. The summed E-state index contributed by atoms with van der Waals surface area (Å²) in [5.74, 6) is 1.74. The van der Waals surface area contributed by atoms with Crippen LogP contribution in [0.5, 0.6) is 5.75 Å². The summed E-state index contributed by atoms with van der Waals surface area (Å²) in [5, 5.41) is 3.45. The number of nitrogens with one attached hydrogen (secondary N) is 1. The summed E-state index contributed by atoms with van der Waals surface area (Å²) in [6, 6.07) is 5.94. The standard InChI is InChI=1S/C15H24N2O/c1-2-10-18-15-11-13(6-7-14(15)16)17-9-8-12-4-3-5-12/h6-7,11-12,17H,2-5,8-10,16H2,1H3. The zero-order valence-corrected chi connectivity index (χ0v) is 11.2. The quantitative estimate of drug-likeness (QED) is 0.724. The van der Waals surface area contributed by atoms with E-state index in [1.54, 1.807) is 0 Å². The summed E-state index contributed by atoms with van der Waals surface area (Å²) >= 11 is 0. The molecule has 3 heteroatoms. The van der Waals surface area contributed by atoms with E-state index in [0.29, 0.717) is 5.69 Å². The van der Waals surface area contributed by atoms with Crippen LogP contribution in [0.1, 0.15) is 39.0 Å². The third-order valence-corrected chi connectivity index (χ3v) is 3.58. The Morgan fingerprint density at radius 2 is 2.22 bits per heavy atom. The van der Waals surface area contributed by atoms with E-state index in [0.717, 1.165) is 36.9 Å². The van der Waals surface area contributed by atoms with E-state index in [-0.39, 0.29) is 0 Å². The van der Waals surface area contributed by atoms with Gasteiger partial charge in [-0.25, -0.2) is 0 Å². The van der Waals surface area contributed by atoms with Gasteiger partial charge in [0.2, 0.25) is 0 Å². The lowest BCUT2D eigenvalue weighted by atomic mass is 9.83. The number of hydrogen-bond acceptors (Lipinski definition) is 3. The summed E-state index contributed by atoms with van der Waals surface area (Å²) in [6.45, 7) is 3.86. The molecule has 1 aromatic rings. The van der Waals surface area contributed by atoms with Crippen molar-refractivity contribution in [1.29, 1.82) is 0 Å². The molecule has 0 bridgehead atoms. The molecule has 0 amide bonds. The highest BCUT2D eigenvalue weighted by Gasteiger charge is 2.16. The van der Waals surface area contributed by atoms with E-state index in [2.05, 4.69) is 12.2 Å². The molecule has 1 aliphatic rings. The lowest BCUT2D eigenvalue weighted by molar-refractivity contribution is 0.303. The lowest BCUT2D eigenvalue weighted by Gasteiger charge is -2.25. The highest BCUT2D eigenvalue weighted by molar-refractivity contribution is 5.61. The number of anilines is 2. The zero-order chi connectivity index (χ0) is 12.8. The maximum absolute atomic E-state index is 5.88. The van der Waals surface area contributed by atoms with Gasteiger partial charge in [0, 0.05) is 18.3 Å². The summed E-state index contributed by atoms with van der Waals surface area (Å²) in [5.41, 5.74) is 7.71. The van der Waals surface area contributed by atoms with Gasteiger partial charge in [0.05, 0.1) is 12.3 Å². The van der Waals surface area contributed by atoms with Crippen LogP contribution in [0.15, 0.2) is 18.2 Å². The van der Waals surface area contributed by atoms with Gasteiger partial charge in [-0.2, -0.15) is 0 Å². The molecule has 1 aliphatic carbocycles. The van der Waals surface area contributed by atoms with Crippen molar-refractivity contribution in [3.63, 3.8) is 0 Å². The Balaban J connectivity index is 1.83. The fourth-order valence-electron chi connectivity index (χ4n) is 2.18. The first-order valence-electron chi connectivity index (χ1n) is 7.05. The minimum Gasteiger partial charge on any atom is -0.491 e. The number of benzene rings is 1. The minimum absolute atomic E-state index is 0.716. The van der Waals surface area contributed by atoms with Gasteiger partial charge in [-0.3, -0.25) is 0 Å². The van der Waals surface area contributed by atoms with Gasteiger partial charge in [0.25, 0.3) is 0 Å². The van der Waals surface area contributed by atoms with Crippen LogP contribution in [-0.4, -0.2) is 13.2 Å². The monoisotopic (exact) mass is 248 g/mol. The molecule has 0 radical (unpaired) electrons. The van der Waals surface area contributed by atoms with Crippen LogP contribution in [-0.2, 0) is 0 Å². The average Bonchev–Trinajstić information content (AvgIpc) is 2.32. The second-order valence-electron chi connectivity index (χ2n) is 5.11. The van der Waals surface area contributed by atoms with Gasteiger partial charge in [-0.15, -0.1) is 0 Å². The van der Waals surface area contributed by atoms with E-state index in [1.165, 1.54) is 25.7 Å². The fraction of sp³-hybridized carbons (Fsp3) is 0.600. The van der Waals surface area contributed by atoms with Crippen LogP contribution in [0.25, 0.3) is 0 Å². The molecule has 0 unspecified atom stereocenters. The maximum atomic E-state index is 5.88. The maximum Gasteiger partial charge on any atom is 0.144 e. The molecule has 18 heavy (non-hydrogen) atoms. The van der Waals surface area contributed by atoms with Gasteiger partial charge in [0.15, 0.2) is 0 Å². The average molecular weight is 248 g/mol. The van der Waals surface area contributed by atoms with Crippen LogP contribution in [0.4, 0.5) is 11.4 Å². The Morgan fingerprint density at radius 1 is 1.39 bits per heavy atom. The summed E-state index contributed by atoms with van der Waals surface area (Å²) in [4.78, 5) is 0. The number of ether oxygens (including phenoxy) is 1. The molecule has 0 aliphatic heterocycles. The van der Waals surface area contributed by atoms with Crippen LogP contribution >= 0.6 is 0 Å². The second-order valence-corrected chi connectivity index (χ2v) is 5.11. The van der Waals surface area contributed by atoms with Crippen LogP contribution in [0, 0.1) is 5.92 Å². The molecule has 1 fully saturated rings. The van der Waals surface area contributed by atoms with E-state index < -0.39 is 0 Å². The summed E-state index contributed by atoms with van der Waals surface area (Å²) in [6.07, 6.45) is 6.51. The molecule has 0 heterocycles. The predicted molar refractivity (Wildman–Crippen MR) is 77.1 cm³/mol. The van der Waals surface area contributed by atoms with Crippen molar-refractivity contribution < 1.29 is 4.74 Å². The minimum atomic E-state index is 0.716. The van der Waals surface area contributed by atoms with Crippen molar-refractivity contribution in [2.75, 3.05) is 24.2 Å². The first kappa shape index (κ1) is 13.1. The van der Waals surface area contributed by atoms with Gasteiger partial charge in [0.1, 0.15) is 5.75 Å². The highest BCUT2D eigenvalue weighted by atomic mass is 16.5. The Morgan fingerprint density at radius 3 is 2.89 bits per heavy atom. The molecule has 100 valence electrons. The molecular formula is C15H24N2O. The summed E-state index contributed by atoms with van der Waals surface area (Å²) in [7, 11) is 0. The third-order valence-electron chi connectivity index (χ3n) is 3.58. The lowest BCUT2D eigenvalue weighted by Crippen LogP contribution is -2.15. The molecule has 3 nitrogen and oxygen atoms in total. The van der Waals surface area contributed by atoms with E-state index in [1.807, 2.05) is 18.2 Å². The topological polar surface area (TPSA) is 47.3 Å². The first-order chi connectivity index (χ1) is 8.79. The largest absolute Gasteiger partial charge is 0.491 e. The molecule has 0 aromatic heterocycles. The fourth-order valence-corrected chi connectivity index (χ4v) is 2.18.